The maximum atomic E-state index is 12.0. The number of amides is 1. The Bertz CT molecular complexity index is 432. The number of rotatable bonds is 1. The third-order valence-corrected chi connectivity index (χ3v) is 4.62. The molecule has 1 amide bonds. The molecule has 4 fully saturated rings. The second-order valence-electron chi connectivity index (χ2n) is 7.16. The van der Waals surface area contributed by atoms with Crippen molar-refractivity contribution in [3.63, 3.8) is 0 Å². The van der Waals surface area contributed by atoms with E-state index in [-0.39, 0.29) is 30.1 Å². The molecule has 7 atom stereocenters. The van der Waals surface area contributed by atoms with Crippen LogP contribution in [0.2, 0.25) is 0 Å². The third-order valence-electron chi connectivity index (χ3n) is 4.62. The van der Waals surface area contributed by atoms with Crippen molar-refractivity contribution in [1.29, 1.82) is 0 Å². The van der Waals surface area contributed by atoms with Crippen LogP contribution >= 0.6 is 0 Å². The fourth-order valence-corrected chi connectivity index (χ4v) is 3.71. The van der Waals surface area contributed by atoms with Crippen molar-refractivity contribution in [2.24, 2.45) is 11.8 Å². The number of hydrogen-bond donors (Lipinski definition) is 2. The van der Waals surface area contributed by atoms with E-state index in [0.717, 1.165) is 0 Å². The highest BCUT2D eigenvalue weighted by molar-refractivity contribution is 5.69. The zero-order valence-corrected chi connectivity index (χ0v) is 12.5. The van der Waals surface area contributed by atoms with Gasteiger partial charge in [-0.05, 0) is 20.8 Å². The van der Waals surface area contributed by atoms with Crippen LogP contribution in [0.15, 0.2) is 0 Å². The lowest BCUT2D eigenvalue weighted by Gasteiger charge is -2.47. The number of ether oxygens (including phenoxy) is 3. The fourth-order valence-electron chi connectivity index (χ4n) is 3.71. The number of nitrogens with one attached hydrogen (secondary N) is 1. The molecular weight excluding hydrogens is 262 g/mol. The molecule has 0 aromatic rings. The molecule has 0 radical (unpaired) electrons. The van der Waals surface area contributed by atoms with Crippen LogP contribution in [0.5, 0.6) is 0 Å². The molecule has 4 aliphatic rings. The highest BCUT2D eigenvalue weighted by atomic mass is 16.6. The average Bonchev–Trinajstić information content (AvgIpc) is 2.66. The van der Waals surface area contributed by atoms with Crippen LogP contribution < -0.4 is 5.32 Å². The van der Waals surface area contributed by atoms with Crippen molar-refractivity contribution < 1.29 is 24.1 Å². The summed E-state index contributed by atoms with van der Waals surface area (Å²) in [6.45, 7) is 9.38. The molecule has 2 N–H and O–H groups in total. The van der Waals surface area contributed by atoms with Crippen LogP contribution in [0, 0.1) is 11.8 Å². The van der Waals surface area contributed by atoms with Gasteiger partial charge in [-0.2, -0.15) is 0 Å². The number of carbonyl (C=O) groups excluding carboxylic acids is 1. The second kappa shape index (κ2) is 4.08. The summed E-state index contributed by atoms with van der Waals surface area (Å²) in [5.41, 5.74) is -1.68. The van der Waals surface area contributed by atoms with Gasteiger partial charge >= 0.3 is 6.09 Å². The van der Waals surface area contributed by atoms with Crippen LogP contribution in [0.4, 0.5) is 4.79 Å². The van der Waals surface area contributed by atoms with E-state index in [2.05, 4.69) is 12.2 Å². The van der Waals surface area contributed by atoms with E-state index in [1.165, 1.54) is 0 Å². The Hall–Kier alpha value is -0.850. The van der Waals surface area contributed by atoms with Gasteiger partial charge in [0.2, 0.25) is 0 Å². The first-order chi connectivity index (χ1) is 9.16. The van der Waals surface area contributed by atoms with E-state index in [1.54, 1.807) is 20.8 Å². The highest BCUT2D eigenvalue weighted by Gasteiger charge is 2.71. The van der Waals surface area contributed by atoms with E-state index in [9.17, 15) is 9.90 Å². The minimum Gasteiger partial charge on any atom is -0.444 e. The third kappa shape index (κ3) is 1.78. The molecule has 0 aliphatic carbocycles. The maximum Gasteiger partial charge on any atom is 0.409 e. The van der Waals surface area contributed by atoms with Crippen molar-refractivity contribution in [3.05, 3.63) is 0 Å². The predicted octanol–water partition coefficient (Wildman–Crippen LogP) is 1.02. The number of aliphatic hydroxyl groups is 1. The first-order valence-electron chi connectivity index (χ1n) is 7.18. The monoisotopic (exact) mass is 285 g/mol. The topological polar surface area (TPSA) is 77.0 Å². The molecule has 4 heterocycles. The van der Waals surface area contributed by atoms with Crippen molar-refractivity contribution in [1.82, 2.24) is 5.32 Å². The molecule has 0 spiro atoms. The molecule has 4 bridgehead atoms. The van der Waals surface area contributed by atoms with Crippen LogP contribution in [0.3, 0.4) is 0 Å². The van der Waals surface area contributed by atoms with E-state index in [4.69, 9.17) is 14.2 Å². The lowest BCUT2D eigenvalue weighted by Crippen LogP contribution is -2.67. The lowest BCUT2D eigenvalue weighted by atomic mass is 9.82. The number of carbonyl (C=O) groups is 1. The molecule has 4 saturated heterocycles. The largest absolute Gasteiger partial charge is 0.444 e. The van der Waals surface area contributed by atoms with Crippen molar-refractivity contribution >= 4 is 6.09 Å². The van der Waals surface area contributed by atoms with Gasteiger partial charge in [0, 0.05) is 11.8 Å². The molecule has 4 rings (SSSR count). The van der Waals surface area contributed by atoms with Gasteiger partial charge in [0.1, 0.15) is 17.8 Å². The highest BCUT2D eigenvalue weighted by Crippen LogP contribution is 2.54. The Kier molecular flexibility index (Phi) is 2.88. The van der Waals surface area contributed by atoms with Gasteiger partial charge < -0.3 is 19.3 Å². The van der Waals surface area contributed by atoms with Gasteiger partial charge in [0.05, 0.1) is 12.2 Å². The van der Waals surface area contributed by atoms with Gasteiger partial charge in [0.15, 0.2) is 5.72 Å². The molecule has 0 aromatic carbocycles. The second-order valence-corrected chi connectivity index (χ2v) is 7.16. The first kappa shape index (κ1) is 14.1. The van der Waals surface area contributed by atoms with Gasteiger partial charge in [-0.3, -0.25) is 5.32 Å². The van der Waals surface area contributed by atoms with Crippen LogP contribution in [-0.4, -0.2) is 46.9 Å². The zero-order valence-electron chi connectivity index (χ0n) is 12.5. The van der Waals surface area contributed by atoms with E-state index < -0.39 is 23.5 Å². The maximum absolute atomic E-state index is 12.0. The summed E-state index contributed by atoms with van der Waals surface area (Å²) in [5, 5.41) is 13.2. The lowest BCUT2D eigenvalue weighted by molar-refractivity contribution is -0.224. The Morgan fingerprint density at radius 1 is 1.25 bits per heavy atom. The molecule has 0 aromatic heterocycles. The number of hydrogen-bond acceptors (Lipinski definition) is 5. The standard InChI is InChI=1S/C14H23NO5/c1-6-8-7(2)14(15-12(17)20-13(3,4)5)11(16)10(18-8)9(6)19-14/h6-11,16H,1-5H3,(H,15,17)/t6-,7-,8-,9-,10+,11-,14+/m0/s1. The summed E-state index contributed by atoms with van der Waals surface area (Å²) >= 11 is 0. The van der Waals surface area contributed by atoms with Crippen molar-refractivity contribution in [2.75, 3.05) is 0 Å². The SMILES string of the molecule is C[C@@H]1[C@@H]2O[C@]3(NC(=O)OC(C)(C)C)[C@@H](C)[C@H]1O[C@H]2[C@@H]3O. The van der Waals surface area contributed by atoms with E-state index in [1.807, 2.05) is 6.92 Å². The summed E-state index contributed by atoms with van der Waals surface area (Å²) in [6, 6.07) is 0. The normalized spacial score (nSPS) is 49.5. The minimum absolute atomic E-state index is 0.00270. The number of alkyl carbamates (subject to hydrolysis) is 1. The molecular formula is C14H23NO5. The summed E-state index contributed by atoms with van der Waals surface area (Å²) in [7, 11) is 0. The summed E-state index contributed by atoms with van der Waals surface area (Å²) in [5.74, 6) is 0.0933. The summed E-state index contributed by atoms with van der Waals surface area (Å²) in [4.78, 5) is 12.0. The van der Waals surface area contributed by atoms with Gasteiger partial charge in [-0.1, -0.05) is 13.8 Å². The molecule has 114 valence electrons. The smallest absolute Gasteiger partial charge is 0.409 e. The molecule has 6 nitrogen and oxygen atoms in total. The molecule has 4 aliphatic heterocycles. The molecule has 20 heavy (non-hydrogen) atoms. The minimum atomic E-state index is -1.09. The fraction of sp³-hybridized carbons (Fsp3) is 0.929. The van der Waals surface area contributed by atoms with Crippen LogP contribution in [-0.2, 0) is 14.2 Å². The predicted molar refractivity (Wildman–Crippen MR) is 70.0 cm³/mol. The van der Waals surface area contributed by atoms with E-state index >= 15 is 0 Å². The number of aliphatic hydroxyl groups excluding tert-OH is 1. The van der Waals surface area contributed by atoms with Gasteiger partial charge in [0.25, 0.3) is 0 Å². The van der Waals surface area contributed by atoms with Crippen LogP contribution in [0.1, 0.15) is 34.6 Å². The average molecular weight is 285 g/mol. The van der Waals surface area contributed by atoms with Crippen molar-refractivity contribution in [3.8, 4) is 0 Å². The Balaban J connectivity index is 1.81. The zero-order chi connectivity index (χ0) is 14.9. The quantitative estimate of drug-likeness (QED) is 0.752. The Labute approximate surface area is 118 Å². The van der Waals surface area contributed by atoms with Crippen molar-refractivity contribution in [2.45, 2.75) is 70.4 Å². The van der Waals surface area contributed by atoms with Gasteiger partial charge in [-0.25, -0.2) is 4.79 Å². The Morgan fingerprint density at radius 2 is 1.90 bits per heavy atom. The molecule has 6 heteroatoms. The molecule has 0 saturated carbocycles. The molecule has 0 unspecified atom stereocenters. The first-order valence-corrected chi connectivity index (χ1v) is 7.18. The summed E-state index contributed by atoms with van der Waals surface area (Å²) < 4.78 is 17.1. The van der Waals surface area contributed by atoms with Crippen LogP contribution in [0.25, 0.3) is 0 Å². The Morgan fingerprint density at radius 3 is 2.45 bits per heavy atom. The summed E-state index contributed by atoms with van der Waals surface area (Å²) in [6.07, 6.45) is -1.96. The van der Waals surface area contributed by atoms with E-state index in [0.29, 0.717) is 0 Å². The van der Waals surface area contributed by atoms with Gasteiger partial charge in [-0.15, -0.1) is 0 Å².